The van der Waals surface area contributed by atoms with Crippen molar-refractivity contribution in [2.45, 2.75) is 51.8 Å². The van der Waals surface area contributed by atoms with E-state index in [9.17, 15) is 4.79 Å². The summed E-state index contributed by atoms with van der Waals surface area (Å²) in [5.41, 5.74) is 5.73. The largest absolute Gasteiger partial charge is 0.374 e. The first-order chi connectivity index (χ1) is 11.0. The minimum Gasteiger partial charge on any atom is -0.374 e. The number of morpholine rings is 1. The fourth-order valence-electron chi connectivity index (χ4n) is 3.30. The first-order valence-electron chi connectivity index (χ1n) is 9.07. The van der Waals surface area contributed by atoms with Gasteiger partial charge in [-0.1, -0.05) is 0 Å². The Balaban J connectivity index is 0. The van der Waals surface area contributed by atoms with Gasteiger partial charge in [0.05, 0.1) is 12.7 Å². The van der Waals surface area contributed by atoms with E-state index in [1.165, 1.54) is 0 Å². The van der Waals surface area contributed by atoms with Crippen molar-refractivity contribution < 1.29 is 9.53 Å². The number of piperazine rings is 1. The molecule has 2 fully saturated rings. The molecular weight excluding hydrogens is 399 g/mol. The van der Waals surface area contributed by atoms with Crippen LogP contribution in [0.25, 0.3) is 0 Å². The number of nitrogens with two attached hydrogens (primary N) is 1. The normalized spacial score (nSPS) is 22.8. The summed E-state index contributed by atoms with van der Waals surface area (Å²) in [5, 5.41) is 0. The standard InChI is InChI=1S/C17H34N4O2.3ClH/c1-14(2)21-10-11-23-16(13-21)12-19-6-8-20(9-7-19)17(22)5-4-15(3)18;;;/h14-16H,4-13,18H2,1-3H3;3*1H. The second-order valence-electron chi connectivity index (χ2n) is 7.28. The van der Waals surface area contributed by atoms with E-state index in [0.29, 0.717) is 18.6 Å². The number of nitrogens with zero attached hydrogens (tertiary/aromatic N) is 3. The van der Waals surface area contributed by atoms with E-state index in [4.69, 9.17) is 10.5 Å². The summed E-state index contributed by atoms with van der Waals surface area (Å²) >= 11 is 0. The average molecular weight is 436 g/mol. The molecule has 2 N–H and O–H groups in total. The highest BCUT2D eigenvalue weighted by Gasteiger charge is 2.27. The fraction of sp³-hybridized carbons (Fsp3) is 0.941. The molecule has 2 aliphatic heterocycles. The van der Waals surface area contributed by atoms with Gasteiger partial charge in [-0.3, -0.25) is 14.6 Å². The van der Waals surface area contributed by atoms with Crippen LogP contribution >= 0.6 is 37.2 Å². The van der Waals surface area contributed by atoms with Crippen molar-refractivity contribution in [3.05, 3.63) is 0 Å². The second-order valence-corrected chi connectivity index (χ2v) is 7.28. The predicted octanol–water partition coefficient (Wildman–Crippen LogP) is 1.63. The third-order valence-corrected chi connectivity index (χ3v) is 4.90. The minimum atomic E-state index is 0. The van der Waals surface area contributed by atoms with Crippen LogP contribution < -0.4 is 5.73 Å². The summed E-state index contributed by atoms with van der Waals surface area (Å²) in [6.07, 6.45) is 1.65. The highest BCUT2D eigenvalue weighted by atomic mass is 35.5. The van der Waals surface area contributed by atoms with Crippen molar-refractivity contribution in [1.29, 1.82) is 0 Å². The summed E-state index contributed by atoms with van der Waals surface area (Å²) in [6.45, 7) is 13.9. The Bertz CT molecular complexity index is 381. The zero-order chi connectivity index (χ0) is 16.8. The molecule has 0 radical (unpaired) electrons. The molecule has 158 valence electrons. The van der Waals surface area contributed by atoms with E-state index in [1.807, 2.05) is 11.8 Å². The zero-order valence-corrected chi connectivity index (χ0v) is 18.7. The molecule has 0 saturated carbocycles. The van der Waals surface area contributed by atoms with Gasteiger partial charge in [-0.15, -0.1) is 37.2 Å². The SMILES string of the molecule is CC(N)CCC(=O)N1CCN(CC2CN(C(C)C)CCO2)CC1.Cl.Cl.Cl. The lowest BCUT2D eigenvalue weighted by molar-refractivity contribution is -0.133. The predicted molar refractivity (Wildman–Crippen MR) is 114 cm³/mol. The van der Waals surface area contributed by atoms with E-state index in [0.717, 1.165) is 58.8 Å². The van der Waals surface area contributed by atoms with Crippen molar-refractivity contribution in [2.24, 2.45) is 5.73 Å². The highest BCUT2D eigenvalue weighted by molar-refractivity contribution is 5.86. The van der Waals surface area contributed by atoms with Crippen LogP contribution in [0.2, 0.25) is 0 Å². The number of ether oxygens (including phenoxy) is 1. The Morgan fingerprint density at radius 1 is 1.08 bits per heavy atom. The molecule has 0 spiro atoms. The Hall–Kier alpha value is 0.180. The smallest absolute Gasteiger partial charge is 0.222 e. The molecule has 2 rings (SSSR count). The monoisotopic (exact) mass is 434 g/mol. The molecule has 26 heavy (non-hydrogen) atoms. The summed E-state index contributed by atoms with van der Waals surface area (Å²) in [7, 11) is 0. The molecule has 6 nitrogen and oxygen atoms in total. The van der Waals surface area contributed by atoms with Crippen molar-refractivity contribution in [2.75, 3.05) is 52.4 Å². The summed E-state index contributed by atoms with van der Waals surface area (Å²) in [6, 6.07) is 0.688. The van der Waals surface area contributed by atoms with Crippen molar-refractivity contribution in [3.63, 3.8) is 0 Å². The molecule has 2 aliphatic rings. The van der Waals surface area contributed by atoms with Gasteiger partial charge in [0.15, 0.2) is 0 Å². The molecular formula is C17H37Cl3N4O2. The maximum atomic E-state index is 12.1. The van der Waals surface area contributed by atoms with Gasteiger partial charge in [0.25, 0.3) is 0 Å². The molecule has 2 heterocycles. The quantitative estimate of drug-likeness (QED) is 0.687. The van der Waals surface area contributed by atoms with E-state index in [-0.39, 0.29) is 49.2 Å². The average Bonchev–Trinajstić information content (AvgIpc) is 2.53. The third-order valence-electron chi connectivity index (χ3n) is 4.90. The Kier molecular flexibility index (Phi) is 15.5. The summed E-state index contributed by atoms with van der Waals surface area (Å²) in [5.74, 6) is 0.252. The van der Waals surface area contributed by atoms with E-state index in [2.05, 4.69) is 23.6 Å². The van der Waals surface area contributed by atoms with Crippen molar-refractivity contribution in [1.82, 2.24) is 14.7 Å². The lowest BCUT2D eigenvalue weighted by atomic mass is 10.1. The molecule has 0 aromatic carbocycles. The van der Waals surface area contributed by atoms with Gasteiger partial charge < -0.3 is 15.4 Å². The van der Waals surface area contributed by atoms with Crippen molar-refractivity contribution in [3.8, 4) is 0 Å². The number of rotatable bonds is 6. The van der Waals surface area contributed by atoms with Crippen LogP contribution in [0, 0.1) is 0 Å². The van der Waals surface area contributed by atoms with Gasteiger partial charge in [0.1, 0.15) is 0 Å². The molecule has 2 saturated heterocycles. The van der Waals surface area contributed by atoms with E-state index >= 15 is 0 Å². The molecule has 9 heteroatoms. The van der Waals surface area contributed by atoms with Crippen LogP contribution in [0.5, 0.6) is 0 Å². The third kappa shape index (κ3) is 9.40. The molecule has 0 aromatic rings. The lowest BCUT2D eigenvalue weighted by Gasteiger charge is -2.40. The van der Waals surface area contributed by atoms with Crippen LogP contribution in [-0.2, 0) is 9.53 Å². The Morgan fingerprint density at radius 3 is 2.23 bits per heavy atom. The topological polar surface area (TPSA) is 62.0 Å². The Morgan fingerprint density at radius 2 is 1.69 bits per heavy atom. The van der Waals surface area contributed by atoms with Crippen LogP contribution in [0.3, 0.4) is 0 Å². The number of carbonyl (C=O) groups is 1. The first kappa shape index (κ1) is 28.4. The second kappa shape index (κ2) is 14.2. The number of carbonyl (C=O) groups excluding carboxylic acids is 1. The molecule has 2 atom stereocenters. The van der Waals surface area contributed by atoms with Gasteiger partial charge in [-0.05, 0) is 27.2 Å². The van der Waals surface area contributed by atoms with Gasteiger partial charge in [0, 0.05) is 64.3 Å². The first-order valence-corrected chi connectivity index (χ1v) is 9.07. The maximum Gasteiger partial charge on any atom is 0.222 e. The summed E-state index contributed by atoms with van der Waals surface area (Å²) < 4.78 is 5.92. The zero-order valence-electron chi connectivity index (χ0n) is 16.3. The van der Waals surface area contributed by atoms with E-state index in [1.54, 1.807) is 0 Å². The summed E-state index contributed by atoms with van der Waals surface area (Å²) in [4.78, 5) is 19.0. The minimum absolute atomic E-state index is 0. The van der Waals surface area contributed by atoms with Crippen LogP contribution in [0.15, 0.2) is 0 Å². The Labute approximate surface area is 177 Å². The van der Waals surface area contributed by atoms with Gasteiger partial charge >= 0.3 is 0 Å². The maximum absolute atomic E-state index is 12.1. The molecule has 0 bridgehead atoms. The number of amides is 1. The highest BCUT2D eigenvalue weighted by Crippen LogP contribution is 2.12. The van der Waals surface area contributed by atoms with Gasteiger partial charge in [0.2, 0.25) is 5.91 Å². The number of hydrogen-bond acceptors (Lipinski definition) is 5. The lowest BCUT2D eigenvalue weighted by Crippen LogP contribution is -2.54. The van der Waals surface area contributed by atoms with Gasteiger partial charge in [-0.25, -0.2) is 0 Å². The van der Waals surface area contributed by atoms with E-state index < -0.39 is 0 Å². The van der Waals surface area contributed by atoms with Crippen LogP contribution in [-0.4, -0.2) is 91.2 Å². The molecule has 2 unspecified atom stereocenters. The number of hydrogen-bond donors (Lipinski definition) is 1. The molecule has 0 aliphatic carbocycles. The molecule has 1 amide bonds. The van der Waals surface area contributed by atoms with Gasteiger partial charge in [-0.2, -0.15) is 0 Å². The number of halogens is 3. The van der Waals surface area contributed by atoms with Crippen LogP contribution in [0.4, 0.5) is 0 Å². The molecule has 0 aromatic heterocycles. The van der Waals surface area contributed by atoms with Crippen molar-refractivity contribution >= 4 is 43.1 Å². The van der Waals surface area contributed by atoms with Crippen LogP contribution in [0.1, 0.15) is 33.6 Å². The fourth-order valence-corrected chi connectivity index (χ4v) is 3.30.